The van der Waals surface area contributed by atoms with Crippen LogP contribution in [0.25, 0.3) is 10.9 Å². The van der Waals surface area contributed by atoms with E-state index in [4.69, 9.17) is 4.74 Å². The van der Waals surface area contributed by atoms with Gasteiger partial charge in [0.15, 0.2) is 6.04 Å². The van der Waals surface area contributed by atoms with Gasteiger partial charge in [0.25, 0.3) is 5.56 Å². The molecule has 4 N–H and O–H groups in total. The second-order valence-corrected chi connectivity index (χ2v) is 5.55. The Balaban J connectivity index is 1.93. The summed E-state index contributed by atoms with van der Waals surface area (Å²) in [6, 6.07) is 6.67. The lowest BCUT2D eigenvalue weighted by atomic mass is 10.1. The summed E-state index contributed by atoms with van der Waals surface area (Å²) in [5.74, 6) is -1.22. The van der Waals surface area contributed by atoms with Crippen molar-refractivity contribution in [1.29, 1.82) is 0 Å². The number of ether oxygens (including phenoxy) is 1. The number of H-pyrrole nitrogens is 3. The lowest BCUT2D eigenvalue weighted by Crippen LogP contribution is -2.26. The molecule has 1 atom stereocenters. The summed E-state index contributed by atoms with van der Waals surface area (Å²) < 4.78 is 4.77. The highest BCUT2D eigenvalue weighted by molar-refractivity contribution is 5.87. The third-order valence-corrected chi connectivity index (χ3v) is 3.90. The zero-order valence-corrected chi connectivity index (χ0v) is 13.8. The molecule has 26 heavy (non-hydrogen) atoms. The van der Waals surface area contributed by atoms with Crippen LogP contribution in [0.3, 0.4) is 0 Å². The number of nitrogens with zero attached hydrogens (tertiary/aromatic N) is 1. The predicted octanol–water partition coefficient (Wildman–Crippen LogP) is 0.453. The summed E-state index contributed by atoms with van der Waals surface area (Å²) in [5, 5.41) is 10.6. The van der Waals surface area contributed by atoms with E-state index in [1.54, 1.807) is 6.20 Å². The van der Waals surface area contributed by atoms with Gasteiger partial charge in [-0.25, -0.2) is 9.59 Å². The maximum atomic E-state index is 12.1. The molecule has 2 heterocycles. The second-order valence-electron chi connectivity index (χ2n) is 5.55. The Bertz CT molecular complexity index is 1090. The van der Waals surface area contributed by atoms with Crippen molar-refractivity contribution in [3.8, 4) is 5.88 Å². The van der Waals surface area contributed by atoms with Gasteiger partial charge in [0.2, 0.25) is 5.88 Å². The van der Waals surface area contributed by atoms with Crippen LogP contribution in [0.2, 0.25) is 0 Å². The topological polar surface area (TPSA) is 140 Å². The zero-order chi connectivity index (χ0) is 18.7. The number of methoxy groups -OCH3 is 1. The number of aliphatic imine (C=N–C) groups is 1. The van der Waals surface area contributed by atoms with Crippen LogP contribution in [0.4, 0.5) is 0 Å². The molecule has 3 aromatic rings. The molecule has 0 aliphatic rings. The van der Waals surface area contributed by atoms with E-state index in [0.29, 0.717) is 0 Å². The van der Waals surface area contributed by atoms with Gasteiger partial charge in [0, 0.05) is 29.7 Å². The fourth-order valence-corrected chi connectivity index (χ4v) is 2.61. The Kier molecular flexibility index (Phi) is 4.70. The van der Waals surface area contributed by atoms with Crippen molar-refractivity contribution in [3.05, 3.63) is 62.4 Å². The molecule has 1 unspecified atom stereocenters. The van der Waals surface area contributed by atoms with E-state index in [2.05, 4.69) is 9.98 Å². The third-order valence-electron chi connectivity index (χ3n) is 3.90. The first kappa shape index (κ1) is 17.2. The summed E-state index contributed by atoms with van der Waals surface area (Å²) in [7, 11) is 1.24. The Morgan fingerprint density at radius 1 is 1.31 bits per heavy atom. The van der Waals surface area contributed by atoms with Gasteiger partial charge in [-0.05, 0) is 11.6 Å². The average molecular weight is 356 g/mol. The number of para-hydroxylation sites is 1. The predicted molar refractivity (Wildman–Crippen MR) is 94.7 cm³/mol. The van der Waals surface area contributed by atoms with Crippen LogP contribution in [-0.4, -0.2) is 45.4 Å². The molecule has 9 nitrogen and oxygen atoms in total. The van der Waals surface area contributed by atoms with Crippen molar-refractivity contribution in [3.63, 3.8) is 0 Å². The van der Waals surface area contributed by atoms with Crippen LogP contribution >= 0.6 is 0 Å². The molecule has 0 fully saturated rings. The number of benzene rings is 1. The van der Waals surface area contributed by atoms with Crippen molar-refractivity contribution >= 4 is 23.1 Å². The first-order valence-corrected chi connectivity index (χ1v) is 7.71. The van der Waals surface area contributed by atoms with Crippen LogP contribution in [0.1, 0.15) is 11.1 Å². The minimum Gasteiger partial charge on any atom is -0.494 e. The summed E-state index contributed by atoms with van der Waals surface area (Å²) >= 11 is 0. The molecule has 0 radical (unpaired) electrons. The number of carbonyl (C=O) groups is 1. The lowest BCUT2D eigenvalue weighted by Gasteiger charge is -2.09. The van der Waals surface area contributed by atoms with Crippen LogP contribution in [0, 0.1) is 0 Å². The Labute approximate surface area is 146 Å². The van der Waals surface area contributed by atoms with Crippen LogP contribution < -0.4 is 11.2 Å². The number of fused-ring (bicyclic) bond motifs is 1. The van der Waals surface area contributed by atoms with E-state index in [9.17, 15) is 19.5 Å². The number of hydrogen-bond acceptors (Lipinski definition) is 6. The minimum absolute atomic E-state index is 0.231. The van der Waals surface area contributed by atoms with Gasteiger partial charge in [-0.15, -0.1) is 0 Å². The summed E-state index contributed by atoms with van der Waals surface area (Å²) in [6.07, 6.45) is 3.05. The van der Waals surface area contributed by atoms with E-state index in [1.807, 2.05) is 34.2 Å². The van der Waals surface area contributed by atoms with Gasteiger partial charge < -0.3 is 14.8 Å². The van der Waals surface area contributed by atoms with E-state index in [-0.39, 0.29) is 12.0 Å². The van der Waals surface area contributed by atoms with Gasteiger partial charge in [-0.3, -0.25) is 19.8 Å². The molecular weight excluding hydrogens is 340 g/mol. The van der Waals surface area contributed by atoms with E-state index in [0.717, 1.165) is 22.7 Å². The minimum atomic E-state index is -0.926. The van der Waals surface area contributed by atoms with Gasteiger partial charge in [0.1, 0.15) is 5.56 Å². The fourth-order valence-electron chi connectivity index (χ4n) is 2.61. The van der Waals surface area contributed by atoms with Crippen molar-refractivity contribution in [2.45, 2.75) is 12.5 Å². The number of hydrogen-bond donors (Lipinski definition) is 4. The highest BCUT2D eigenvalue weighted by atomic mass is 16.5. The maximum Gasteiger partial charge on any atom is 0.330 e. The number of aromatic hydroxyl groups is 1. The highest BCUT2D eigenvalue weighted by Crippen LogP contribution is 2.20. The van der Waals surface area contributed by atoms with Crippen molar-refractivity contribution in [2.75, 3.05) is 7.11 Å². The smallest absolute Gasteiger partial charge is 0.330 e. The van der Waals surface area contributed by atoms with Crippen molar-refractivity contribution in [1.82, 2.24) is 15.0 Å². The van der Waals surface area contributed by atoms with Crippen molar-refractivity contribution in [2.24, 2.45) is 4.99 Å². The monoisotopic (exact) mass is 356 g/mol. The first-order chi connectivity index (χ1) is 12.5. The van der Waals surface area contributed by atoms with Gasteiger partial charge in [-0.1, -0.05) is 18.2 Å². The SMILES string of the molecule is COC(=O)C(Cc1c[nH]c2ccccc12)N=Cc1c(O)[nH]c(=O)[nH]c1=O. The number of rotatable bonds is 5. The molecule has 3 rings (SSSR count). The molecule has 0 amide bonds. The Morgan fingerprint density at radius 3 is 2.81 bits per heavy atom. The van der Waals surface area contributed by atoms with Crippen LogP contribution in [0.15, 0.2) is 45.0 Å². The van der Waals surface area contributed by atoms with Crippen LogP contribution in [0.5, 0.6) is 5.88 Å². The largest absolute Gasteiger partial charge is 0.494 e. The average Bonchev–Trinajstić information content (AvgIpc) is 3.02. The molecule has 0 aliphatic carbocycles. The summed E-state index contributed by atoms with van der Waals surface area (Å²) in [5.41, 5.74) is -0.131. The lowest BCUT2D eigenvalue weighted by molar-refractivity contribution is -0.142. The normalized spacial score (nSPS) is 12.5. The molecule has 0 aliphatic heterocycles. The summed E-state index contributed by atoms with van der Waals surface area (Å²) in [4.78, 5) is 46.1. The molecule has 134 valence electrons. The Hall–Kier alpha value is -3.62. The maximum absolute atomic E-state index is 12.1. The molecule has 2 aromatic heterocycles. The van der Waals surface area contributed by atoms with Crippen molar-refractivity contribution < 1.29 is 14.6 Å². The number of aromatic amines is 3. The molecular formula is C17H16N4O5. The van der Waals surface area contributed by atoms with E-state index < -0.39 is 29.1 Å². The van der Waals surface area contributed by atoms with Gasteiger partial charge >= 0.3 is 11.7 Å². The quantitative estimate of drug-likeness (QED) is 0.388. The molecule has 9 heteroatoms. The number of nitrogens with one attached hydrogen (secondary N) is 3. The number of esters is 1. The van der Waals surface area contributed by atoms with Crippen LogP contribution in [-0.2, 0) is 16.0 Å². The second kappa shape index (κ2) is 7.09. The molecule has 0 saturated heterocycles. The molecule has 0 spiro atoms. The fraction of sp³-hybridized carbons (Fsp3) is 0.176. The number of aromatic nitrogens is 3. The van der Waals surface area contributed by atoms with E-state index in [1.165, 1.54) is 7.11 Å². The molecule has 0 bridgehead atoms. The zero-order valence-electron chi connectivity index (χ0n) is 13.8. The molecule has 1 aromatic carbocycles. The van der Waals surface area contributed by atoms with Gasteiger partial charge in [-0.2, -0.15) is 0 Å². The molecule has 0 saturated carbocycles. The summed E-state index contributed by atoms with van der Waals surface area (Å²) in [6.45, 7) is 0. The third kappa shape index (κ3) is 3.41. The van der Waals surface area contributed by atoms with E-state index >= 15 is 0 Å². The highest BCUT2D eigenvalue weighted by Gasteiger charge is 2.20. The Morgan fingerprint density at radius 2 is 2.08 bits per heavy atom. The first-order valence-electron chi connectivity index (χ1n) is 7.71. The standard InChI is InChI=1S/C17H16N4O5/c1-26-16(24)13(6-9-7-18-12-5-3-2-4-10(9)12)19-8-11-14(22)20-17(25)21-15(11)23/h2-5,7-8,13,18H,6H2,1H3,(H3,20,21,22,23,25). The van der Waals surface area contributed by atoms with Gasteiger partial charge in [0.05, 0.1) is 7.11 Å². The number of carbonyl (C=O) groups excluding carboxylic acids is 1.